The van der Waals surface area contributed by atoms with E-state index in [-0.39, 0.29) is 36.2 Å². The Morgan fingerprint density at radius 1 is 1.02 bits per heavy atom. The van der Waals surface area contributed by atoms with E-state index in [1.54, 1.807) is 22.6 Å². The summed E-state index contributed by atoms with van der Waals surface area (Å²) in [6.45, 7) is 4.89. The Labute approximate surface area is 288 Å². The standard InChI is InChI=1S/C37H38N8O5/c1-22-17-37(13-15-43(16-14-37)35(48)30-32(23(2)39-21-40-30)50-20-24-7-5-4-6-8-24)29-31(22)44(19-28(46)49-3)36-41-33(42-45(36)34(29)47)26-11-12-27(38-18-26)25-9-10-25/h4-8,11-12,18,21-22,25H,9-10,13-17,19-20H2,1-3H3. The van der Waals surface area contributed by atoms with Crippen LogP contribution in [0.4, 0.5) is 0 Å². The van der Waals surface area contributed by atoms with Crippen LogP contribution in [-0.2, 0) is 28.1 Å². The van der Waals surface area contributed by atoms with Gasteiger partial charge in [-0.3, -0.25) is 19.4 Å². The van der Waals surface area contributed by atoms with Gasteiger partial charge in [0.05, 0.1) is 12.8 Å². The van der Waals surface area contributed by atoms with E-state index in [1.807, 2.05) is 42.5 Å². The van der Waals surface area contributed by atoms with Crippen molar-refractivity contribution in [2.45, 2.75) is 76.4 Å². The fourth-order valence-corrected chi connectivity index (χ4v) is 7.76. The molecule has 1 unspecified atom stereocenters. The van der Waals surface area contributed by atoms with Crippen molar-refractivity contribution in [3.63, 3.8) is 0 Å². The number of pyridine rings is 1. The lowest BCUT2D eigenvalue weighted by atomic mass is 9.73. The number of aryl methyl sites for hydroxylation is 1. The first-order chi connectivity index (χ1) is 24.3. The number of hydrogen-bond donors (Lipinski definition) is 0. The lowest BCUT2D eigenvalue weighted by Gasteiger charge is -2.39. The SMILES string of the molecule is COC(=O)Cn1c2c(c(=O)n3nc(-c4ccc(C5CC5)nc4)nc13)C1(CCN(C(=O)c3ncnc(C)c3OCc3ccccc3)CC1)CC2C. The van der Waals surface area contributed by atoms with Crippen LogP contribution in [0.25, 0.3) is 17.2 Å². The van der Waals surface area contributed by atoms with Gasteiger partial charge in [0, 0.05) is 53.1 Å². The van der Waals surface area contributed by atoms with E-state index in [0.29, 0.717) is 72.4 Å². The van der Waals surface area contributed by atoms with Crippen molar-refractivity contribution in [2.75, 3.05) is 20.2 Å². The molecule has 50 heavy (non-hydrogen) atoms. The zero-order valence-corrected chi connectivity index (χ0v) is 28.3. The number of nitrogens with zero attached hydrogens (tertiary/aromatic N) is 8. The van der Waals surface area contributed by atoms with Crippen molar-refractivity contribution in [3.8, 4) is 17.1 Å². The zero-order chi connectivity index (χ0) is 34.6. The smallest absolute Gasteiger partial charge is 0.325 e. The summed E-state index contributed by atoms with van der Waals surface area (Å²) >= 11 is 0. The van der Waals surface area contributed by atoms with Crippen LogP contribution < -0.4 is 10.3 Å². The minimum atomic E-state index is -0.511. The molecule has 5 aromatic rings. The largest absolute Gasteiger partial charge is 0.485 e. The third-order valence-corrected chi connectivity index (χ3v) is 10.5. The van der Waals surface area contributed by atoms with Crippen LogP contribution in [0.5, 0.6) is 5.75 Å². The lowest BCUT2D eigenvalue weighted by molar-refractivity contribution is -0.141. The number of ether oxygens (including phenoxy) is 2. The molecular formula is C37H38N8O5. The summed E-state index contributed by atoms with van der Waals surface area (Å²) in [4.78, 5) is 61.0. The number of rotatable bonds is 8. The molecule has 2 fully saturated rings. The second-order valence-corrected chi connectivity index (χ2v) is 13.7. The molecule has 2 aliphatic carbocycles. The van der Waals surface area contributed by atoms with Crippen LogP contribution in [-0.4, -0.2) is 71.1 Å². The quantitative estimate of drug-likeness (QED) is 0.218. The topological polar surface area (TPSA) is 147 Å². The Balaban J connectivity index is 1.11. The monoisotopic (exact) mass is 674 g/mol. The highest BCUT2D eigenvalue weighted by molar-refractivity contribution is 5.95. The highest BCUT2D eigenvalue weighted by atomic mass is 16.5. The molecule has 0 radical (unpaired) electrons. The van der Waals surface area contributed by atoms with Crippen LogP contribution in [0.2, 0.25) is 0 Å². The van der Waals surface area contributed by atoms with E-state index in [0.717, 1.165) is 29.8 Å². The van der Waals surface area contributed by atoms with Gasteiger partial charge in [-0.25, -0.2) is 9.97 Å². The van der Waals surface area contributed by atoms with Crippen molar-refractivity contribution >= 4 is 17.7 Å². The lowest BCUT2D eigenvalue weighted by Crippen LogP contribution is -2.47. The molecule has 5 heterocycles. The molecule has 1 saturated carbocycles. The van der Waals surface area contributed by atoms with Gasteiger partial charge < -0.3 is 18.9 Å². The molecular weight excluding hydrogens is 636 g/mol. The Morgan fingerprint density at radius 2 is 1.80 bits per heavy atom. The molecule has 0 bridgehead atoms. The number of piperidine rings is 1. The summed E-state index contributed by atoms with van der Waals surface area (Å²) in [5.41, 5.74) is 4.18. The minimum absolute atomic E-state index is 0.0447. The fraction of sp³-hybridized carbons (Fsp3) is 0.405. The summed E-state index contributed by atoms with van der Waals surface area (Å²) < 4.78 is 14.3. The number of esters is 1. The van der Waals surface area contributed by atoms with Gasteiger partial charge in [-0.2, -0.15) is 9.50 Å². The number of carbonyl (C=O) groups is 2. The first-order valence-corrected chi connectivity index (χ1v) is 17.1. The normalized spacial score (nSPS) is 18.0. The second-order valence-electron chi connectivity index (χ2n) is 13.7. The van der Waals surface area contributed by atoms with E-state index in [9.17, 15) is 14.4 Å². The summed E-state index contributed by atoms with van der Waals surface area (Å²) in [6, 6.07) is 13.7. The van der Waals surface area contributed by atoms with E-state index in [2.05, 4.69) is 27.0 Å². The zero-order valence-electron chi connectivity index (χ0n) is 28.3. The Bertz CT molecular complexity index is 2170. The maximum absolute atomic E-state index is 14.5. The fourth-order valence-electron chi connectivity index (χ4n) is 7.76. The average Bonchev–Trinajstić information content (AvgIpc) is 3.82. The van der Waals surface area contributed by atoms with E-state index >= 15 is 0 Å². The Kier molecular flexibility index (Phi) is 7.92. The molecule has 0 N–H and O–H groups in total. The molecule has 256 valence electrons. The molecule has 8 rings (SSSR count). The van der Waals surface area contributed by atoms with Crippen molar-refractivity contribution in [1.82, 2.24) is 39.0 Å². The number of fused-ring (bicyclic) bond motifs is 3. The molecule has 4 aromatic heterocycles. The van der Waals surface area contributed by atoms with Gasteiger partial charge >= 0.3 is 5.97 Å². The van der Waals surface area contributed by atoms with Gasteiger partial charge in [0.2, 0.25) is 5.78 Å². The van der Waals surface area contributed by atoms with Crippen LogP contribution in [0.3, 0.4) is 0 Å². The molecule has 13 nitrogen and oxygen atoms in total. The number of amides is 1. The number of likely N-dealkylation sites (tertiary alicyclic amines) is 1. The Hall–Kier alpha value is -5.46. The van der Waals surface area contributed by atoms with Gasteiger partial charge in [0.25, 0.3) is 11.5 Å². The third kappa shape index (κ3) is 5.50. The van der Waals surface area contributed by atoms with Crippen molar-refractivity contribution < 1.29 is 19.1 Å². The van der Waals surface area contributed by atoms with Gasteiger partial charge in [-0.1, -0.05) is 37.3 Å². The minimum Gasteiger partial charge on any atom is -0.485 e. The number of hydrogen-bond acceptors (Lipinski definition) is 10. The highest BCUT2D eigenvalue weighted by Crippen LogP contribution is 2.50. The van der Waals surface area contributed by atoms with E-state index in [1.165, 1.54) is 18.0 Å². The predicted octanol–water partition coefficient (Wildman–Crippen LogP) is 4.36. The maximum Gasteiger partial charge on any atom is 0.325 e. The van der Waals surface area contributed by atoms with Crippen LogP contribution >= 0.6 is 0 Å². The molecule has 13 heteroatoms. The van der Waals surface area contributed by atoms with Gasteiger partial charge in [0.1, 0.15) is 19.5 Å². The first-order valence-electron chi connectivity index (χ1n) is 17.1. The van der Waals surface area contributed by atoms with Gasteiger partial charge in [-0.05, 0) is 62.6 Å². The Morgan fingerprint density at radius 3 is 2.50 bits per heavy atom. The van der Waals surface area contributed by atoms with Crippen molar-refractivity contribution in [2.24, 2.45) is 0 Å². The molecule has 1 saturated heterocycles. The molecule has 1 spiro atoms. The van der Waals surface area contributed by atoms with E-state index in [4.69, 9.17) is 14.5 Å². The number of carbonyl (C=O) groups excluding carboxylic acids is 2. The molecule has 1 atom stereocenters. The third-order valence-electron chi connectivity index (χ3n) is 10.5. The molecule has 1 aliphatic heterocycles. The van der Waals surface area contributed by atoms with Gasteiger partial charge in [-0.15, -0.1) is 5.10 Å². The summed E-state index contributed by atoms with van der Waals surface area (Å²) in [7, 11) is 1.35. The average molecular weight is 675 g/mol. The highest BCUT2D eigenvalue weighted by Gasteiger charge is 2.49. The van der Waals surface area contributed by atoms with Crippen molar-refractivity contribution in [3.05, 3.63) is 99.2 Å². The van der Waals surface area contributed by atoms with Crippen molar-refractivity contribution in [1.29, 1.82) is 0 Å². The summed E-state index contributed by atoms with van der Waals surface area (Å²) in [5.74, 6) is 0.810. The molecule has 3 aliphatic rings. The summed E-state index contributed by atoms with van der Waals surface area (Å²) in [5, 5.41) is 4.67. The second kappa shape index (κ2) is 12.5. The predicted molar refractivity (Wildman–Crippen MR) is 182 cm³/mol. The van der Waals surface area contributed by atoms with Crippen LogP contribution in [0.15, 0.2) is 59.8 Å². The number of benzene rings is 1. The summed E-state index contributed by atoms with van der Waals surface area (Å²) in [6.07, 6.45) is 7.25. The van der Waals surface area contributed by atoms with Gasteiger partial charge in [0.15, 0.2) is 17.3 Å². The van der Waals surface area contributed by atoms with Crippen LogP contribution in [0, 0.1) is 6.92 Å². The number of aromatic nitrogens is 7. The molecule has 1 amide bonds. The molecule has 1 aromatic carbocycles. The maximum atomic E-state index is 14.5. The van der Waals surface area contributed by atoms with Crippen LogP contribution in [0.1, 0.15) is 89.6 Å². The first kappa shape index (κ1) is 31.8. The number of methoxy groups -OCH3 is 1. The van der Waals surface area contributed by atoms with E-state index < -0.39 is 11.4 Å².